The van der Waals surface area contributed by atoms with E-state index in [9.17, 15) is 4.39 Å². The summed E-state index contributed by atoms with van der Waals surface area (Å²) in [6.45, 7) is 1.51. The Morgan fingerprint density at radius 3 is 2.67 bits per heavy atom. The minimum absolute atomic E-state index is 0.204. The van der Waals surface area contributed by atoms with Crippen molar-refractivity contribution in [3.8, 4) is 0 Å². The topological polar surface area (TPSA) is 55.3 Å². The monoisotopic (exact) mass is 249 g/mol. The fourth-order valence-electron chi connectivity index (χ4n) is 1.72. The zero-order valence-electron chi connectivity index (χ0n) is 10.3. The number of hydrogen-bond acceptors (Lipinski definition) is 4. The van der Waals surface area contributed by atoms with Gasteiger partial charge in [0.1, 0.15) is 5.82 Å². The Morgan fingerprint density at radius 1 is 1.33 bits per heavy atom. The molecule has 0 amide bonds. The van der Waals surface area contributed by atoms with Crippen molar-refractivity contribution in [2.45, 2.75) is 13.0 Å². The van der Waals surface area contributed by atoms with Gasteiger partial charge in [-0.1, -0.05) is 17.3 Å². The van der Waals surface area contributed by atoms with E-state index in [4.69, 9.17) is 10.3 Å². The molecule has 5 heteroatoms. The average molecular weight is 249 g/mol. The molecule has 4 nitrogen and oxygen atoms in total. The number of halogens is 1. The van der Waals surface area contributed by atoms with Crippen LogP contribution >= 0.6 is 0 Å². The first-order valence-corrected chi connectivity index (χ1v) is 5.77. The number of rotatable bonds is 5. The second kappa shape index (κ2) is 5.64. The van der Waals surface area contributed by atoms with Crippen molar-refractivity contribution in [2.24, 2.45) is 0 Å². The summed E-state index contributed by atoms with van der Waals surface area (Å²) in [5.41, 5.74) is 6.59. The number of likely N-dealkylation sites (N-methyl/N-ethyl adjacent to an activating group) is 1. The first-order chi connectivity index (χ1) is 8.63. The van der Waals surface area contributed by atoms with Gasteiger partial charge in [0.2, 0.25) is 0 Å². The third kappa shape index (κ3) is 3.56. The molecule has 1 aromatic heterocycles. The molecule has 0 bridgehead atoms. The molecule has 1 aromatic carbocycles. The third-order valence-electron chi connectivity index (χ3n) is 2.70. The number of nitrogens with zero attached hydrogens (tertiary/aromatic N) is 2. The van der Waals surface area contributed by atoms with Gasteiger partial charge in [0, 0.05) is 12.6 Å². The van der Waals surface area contributed by atoms with Crippen molar-refractivity contribution in [1.29, 1.82) is 0 Å². The maximum Gasteiger partial charge on any atom is 0.167 e. The Balaban J connectivity index is 1.81. The highest BCUT2D eigenvalue weighted by molar-refractivity contribution is 5.26. The summed E-state index contributed by atoms with van der Waals surface area (Å²) in [5.74, 6) is 0.940. The Bertz CT molecular complexity index is 495. The molecular formula is C13H16FN3O. The first kappa shape index (κ1) is 12.6. The molecule has 0 unspecified atom stereocenters. The van der Waals surface area contributed by atoms with Gasteiger partial charge in [0.25, 0.3) is 0 Å². The minimum atomic E-state index is -0.204. The minimum Gasteiger partial charge on any atom is -0.381 e. The summed E-state index contributed by atoms with van der Waals surface area (Å²) in [4.78, 5) is 2.10. The molecule has 1 heterocycles. The standard InChI is InChI=1S/C13H16FN3O/c1-17(9-12-8-13(15)16-18-12)7-6-10-2-4-11(14)5-3-10/h2-5,8H,6-7,9H2,1H3,(H2,15,16). The van der Waals surface area contributed by atoms with Gasteiger partial charge in [-0.25, -0.2) is 4.39 Å². The lowest BCUT2D eigenvalue weighted by Gasteiger charge is -2.14. The lowest BCUT2D eigenvalue weighted by atomic mass is 10.1. The van der Waals surface area contributed by atoms with Crippen molar-refractivity contribution >= 4 is 5.82 Å². The van der Waals surface area contributed by atoms with Crippen LogP contribution in [0.3, 0.4) is 0 Å². The number of nitrogen functional groups attached to an aromatic ring is 1. The van der Waals surface area contributed by atoms with Crippen LogP contribution in [0.4, 0.5) is 10.2 Å². The van der Waals surface area contributed by atoms with Gasteiger partial charge in [-0.2, -0.15) is 0 Å². The largest absolute Gasteiger partial charge is 0.381 e. The molecule has 0 saturated carbocycles. The third-order valence-corrected chi connectivity index (χ3v) is 2.70. The van der Waals surface area contributed by atoms with Crippen LogP contribution in [0.1, 0.15) is 11.3 Å². The fourth-order valence-corrected chi connectivity index (χ4v) is 1.72. The Hall–Kier alpha value is -1.88. The lowest BCUT2D eigenvalue weighted by Crippen LogP contribution is -2.20. The van der Waals surface area contributed by atoms with E-state index in [0.29, 0.717) is 12.4 Å². The quantitative estimate of drug-likeness (QED) is 0.881. The van der Waals surface area contributed by atoms with Crippen molar-refractivity contribution in [3.63, 3.8) is 0 Å². The van der Waals surface area contributed by atoms with Crippen LogP contribution in [0.25, 0.3) is 0 Å². The number of nitrogens with two attached hydrogens (primary N) is 1. The molecule has 0 radical (unpaired) electrons. The Morgan fingerprint density at radius 2 is 2.06 bits per heavy atom. The molecule has 0 saturated heterocycles. The van der Waals surface area contributed by atoms with E-state index in [0.717, 1.165) is 24.3 Å². The summed E-state index contributed by atoms with van der Waals surface area (Å²) in [7, 11) is 1.99. The Labute approximate surface area is 105 Å². The van der Waals surface area contributed by atoms with Gasteiger partial charge in [0.05, 0.1) is 6.54 Å². The van der Waals surface area contributed by atoms with Crippen molar-refractivity contribution in [1.82, 2.24) is 10.1 Å². The van der Waals surface area contributed by atoms with Crippen LogP contribution in [0, 0.1) is 5.82 Å². The maximum absolute atomic E-state index is 12.7. The predicted molar refractivity (Wildman–Crippen MR) is 67.4 cm³/mol. The molecule has 18 heavy (non-hydrogen) atoms. The van der Waals surface area contributed by atoms with Crippen LogP contribution in [-0.4, -0.2) is 23.6 Å². The molecule has 2 aromatic rings. The van der Waals surface area contributed by atoms with E-state index in [1.165, 1.54) is 12.1 Å². The van der Waals surface area contributed by atoms with E-state index < -0.39 is 0 Å². The summed E-state index contributed by atoms with van der Waals surface area (Å²) in [6, 6.07) is 8.28. The molecule has 0 atom stereocenters. The molecule has 0 fully saturated rings. The predicted octanol–water partition coefficient (Wildman–Crippen LogP) is 2.07. The van der Waals surface area contributed by atoms with E-state index >= 15 is 0 Å². The van der Waals surface area contributed by atoms with Crippen LogP contribution < -0.4 is 5.73 Å². The molecule has 0 aliphatic carbocycles. The van der Waals surface area contributed by atoms with Crippen molar-refractivity contribution < 1.29 is 8.91 Å². The highest BCUT2D eigenvalue weighted by Crippen LogP contribution is 2.09. The maximum atomic E-state index is 12.7. The van der Waals surface area contributed by atoms with E-state index in [1.54, 1.807) is 18.2 Å². The SMILES string of the molecule is CN(CCc1ccc(F)cc1)Cc1cc(N)no1. The van der Waals surface area contributed by atoms with Gasteiger partial charge in [-0.3, -0.25) is 4.90 Å². The number of aromatic nitrogens is 1. The van der Waals surface area contributed by atoms with Gasteiger partial charge in [0.15, 0.2) is 11.6 Å². The molecule has 0 aliphatic rings. The molecule has 0 spiro atoms. The van der Waals surface area contributed by atoms with E-state index in [1.807, 2.05) is 7.05 Å². The highest BCUT2D eigenvalue weighted by Gasteiger charge is 2.05. The van der Waals surface area contributed by atoms with Gasteiger partial charge in [-0.05, 0) is 31.2 Å². The number of benzene rings is 1. The number of anilines is 1. The normalized spacial score (nSPS) is 11.1. The fraction of sp³-hybridized carbons (Fsp3) is 0.308. The van der Waals surface area contributed by atoms with Crippen LogP contribution in [0.2, 0.25) is 0 Å². The summed E-state index contributed by atoms with van der Waals surface area (Å²) in [5, 5.41) is 3.63. The Kier molecular flexibility index (Phi) is 3.94. The zero-order chi connectivity index (χ0) is 13.0. The molecule has 0 aliphatic heterocycles. The highest BCUT2D eigenvalue weighted by atomic mass is 19.1. The second-order valence-corrected chi connectivity index (χ2v) is 4.33. The molecule has 2 N–H and O–H groups in total. The number of hydrogen-bond donors (Lipinski definition) is 1. The summed E-state index contributed by atoms with van der Waals surface area (Å²) >= 11 is 0. The van der Waals surface area contributed by atoms with E-state index in [2.05, 4.69) is 10.1 Å². The van der Waals surface area contributed by atoms with Crippen molar-refractivity contribution in [2.75, 3.05) is 19.3 Å². The molecule has 96 valence electrons. The zero-order valence-corrected chi connectivity index (χ0v) is 10.3. The summed E-state index contributed by atoms with van der Waals surface area (Å²) in [6.07, 6.45) is 0.862. The molecular weight excluding hydrogens is 233 g/mol. The summed E-state index contributed by atoms with van der Waals surface area (Å²) < 4.78 is 17.8. The van der Waals surface area contributed by atoms with Gasteiger partial charge < -0.3 is 10.3 Å². The van der Waals surface area contributed by atoms with Gasteiger partial charge >= 0.3 is 0 Å². The molecule has 2 rings (SSSR count). The van der Waals surface area contributed by atoms with Crippen LogP contribution in [0.5, 0.6) is 0 Å². The first-order valence-electron chi connectivity index (χ1n) is 5.77. The van der Waals surface area contributed by atoms with Gasteiger partial charge in [-0.15, -0.1) is 0 Å². The van der Waals surface area contributed by atoms with Crippen LogP contribution in [0.15, 0.2) is 34.9 Å². The smallest absolute Gasteiger partial charge is 0.167 e. The lowest BCUT2D eigenvalue weighted by molar-refractivity contribution is 0.275. The van der Waals surface area contributed by atoms with Crippen molar-refractivity contribution in [3.05, 3.63) is 47.5 Å². The average Bonchev–Trinajstić information content (AvgIpc) is 2.74. The van der Waals surface area contributed by atoms with Crippen LogP contribution in [-0.2, 0) is 13.0 Å². The second-order valence-electron chi connectivity index (χ2n) is 4.33. The van der Waals surface area contributed by atoms with E-state index in [-0.39, 0.29) is 5.82 Å².